The van der Waals surface area contributed by atoms with Crippen LogP contribution in [0.15, 0.2) is 42.9 Å². The highest BCUT2D eigenvalue weighted by Crippen LogP contribution is 2.36. The van der Waals surface area contributed by atoms with Crippen LogP contribution < -0.4 is 10.1 Å². The van der Waals surface area contributed by atoms with E-state index in [1.54, 1.807) is 19.2 Å². The van der Waals surface area contributed by atoms with Gasteiger partial charge in [0.2, 0.25) is 0 Å². The van der Waals surface area contributed by atoms with Crippen molar-refractivity contribution in [2.45, 2.75) is 18.9 Å². The number of rotatable bonds is 5. The van der Waals surface area contributed by atoms with Crippen molar-refractivity contribution < 1.29 is 9.53 Å². The third kappa shape index (κ3) is 2.62. The summed E-state index contributed by atoms with van der Waals surface area (Å²) in [4.78, 5) is 12.6. The van der Waals surface area contributed by atoms with Gasteiger partial charge < -0.3 is 14.6 Å². The predicted molar refractivity (Wildman–Crippen MR) is 86.4 cm³/mol. The van der Waals surface area contributed by atoms with Crippen LogP contribution in [0.4, 0.5) is 5.69 Å². The number of anilines is 1. The number of aromatic nitrogens is 5. The number of tetrazole rings is 1. The fraction of sp³-hybridized carbons (Fsp3) is 0.250. The summed E-state index contributed by atoms with van der Waals surface area (Å²) in [5.74, 6) is 0.390. The van der Waals surface area contributed by atoms with Crippen LogP contribution in [-0.2, 0) is 0 Å². The Kier molecular flexibility index (Phi) is 3.49. The van der Waals surface area contributed by atoms with E-state index in [1.807, 2.05) is 29.0 Å². The van der Waals surface area contributed by atoms with Gasteiger partial charge in [0.05, 0.1) is 18.5 Å². The summed E-state index contributed by atoms with van der Waals surface area (Å²) in [6.45, 7) is 0. The first kappa shape index (κ1) is 14.4. The Bertz CT molecular complexity index is 867. The molecule has 1 saturated carbocycles. The second-order valence-electron chi connectivity index (χ2n) is 5.62. The first-order valence-electron chi connectivity index (χ1n) is 7.66. The summed E-state index contributed by atoms with van der Waals surface area (Å²) >= 11 is 0. The second-order valence-corrected chi connectivity index (χ2v) is 5.62. The molecule has 0 spiro atoms. The van der Waals surface area contributed by atoms with E-state index in [9.17, 15) is 4.79 Å². The minimum atomic E-state index is -0.152. The van der Waals surface area contributed by atoms with E-state index < -0.39 is 0 Å². The summed E-state index contributed by atoms with van der Waals surface area (Å²) in [6.07, 6.45) is 5.69. The molecular weight excluding hydrogens is 308 g/mol. The summed E-state index contributed by atoms with van der Waals surface area (Å²) in [5.41, 5.74) is 2.00. The number of amides is 1. The van der Waals surface area contributed by atoms with Gasteiger partial charge in [-0.05, 0) is 47.5 Å². The van der Waals surface area contributed by atoms with E-state index in [0.717, 1.165) is 18.5 Å². The summed E-state index contributed by atoms with van der Waals surface area (Å²) < 4.78 is 8.93. The van der Waals surface area contributed by atoms with Crippen molar-refractivity contribution in [1.29, 1.82) is 0 Å². The normalized spacial score (nSPS) is 13.7. The third-order valence-electron chi connectivity index (χ3n) is 4.00. The molecule has 24 heavy (non-hydrogen) atoms. The molecule has 2 heterocycles. The summed E-state index contributed by atoms with van der Waals surface area (Å²) in [6, 6.07) is 9.53. The smallest absolute Gasteiger partial charge is 0.272 e. The van der Waals surface area contributed by atoms with Crippen molar-refractivity contribution in [2.75, 3.05) is 12.4 Å². The molecule has 8 heteroatoms. The molecule has 0 atom stereocenters. The Balaban J connectivity index is 1.59. The van der Waals surface area contributed by atoms with Gasteiger partial charge in [-0.3, -0.25) is 4.79 Å². The molecule has 122 valence electrons. The minimum Gasteiger partial charge on any atom is -0.494 e. The third-order valence-corrected chi connectivity index (χ3v) is 4.00. The highest BCUT2D eigenvalue weighted by atomic mass is 16.5. The highest BCUT2D eigenvalue weighted by Gasteiger charge is 2.27. The predicted octanol–water partition coefficient (Wildman–Crippen LogP) is 2.06. The Morgan fingerprint density at radius 2 is 2.21 bits per heavy atom. The van der Waals surface area contributed by atoms with Gasteiger partial charge in [0.25, 0.3) is 5.91 Å². The molecule has 3 aromatic rings. The van der Waals surface area contributed by atoms with Gasteiger partial charge in [-0.1, -0.05) is 0 Å². The fourth-order valence-corrected chi connectivity index (χ4v) is 2.65. The molecule has 0 radical (unpaired) electrons. The van der Waals surface area contributed by atoms with E-state index in [1.165, 1.54) is 11.0 Å². The number of nitrogens with one attached hydrogen (secondary N) is 1. The molecule has 1 aliphatic carbocycles. The lowest BCUT2D eigenvalue weighted by atomic mass is 10.2. The number of ether oxygens (including phenoxy) is 1. The highest BCUT2D eigenvalue weighted by molar-refractivity contribution is 6.04. The van der Waals surface area contributed by atoms with Gasteiger partial charge in [-0.15, -0.1) is 5.10 Å². The van der Waals surface area contributed by atoms with Gasteiger partial charge in [-0.25, -0.2) is 4.68 Å². The standard InChI is InChI=1S/C16H16N6O2/c1-24-15-9-12(22-10-17-19-20-22)6-7-13(15)18-16(23)14-3-2-8-21(14)11-4-5-11/h2-3,6-11H,4-5H2,1H3,(H,18,23). The zero-order valence-corrected chi connectivity index (χ0v) is 13.1. The van der Waals surface area contributed by atoms with Crippen LogP contribution >= 0.6 is 0 Å². The lowest BCUT2D eigenvalue weighted by molar-refractivity contribution is 0.101. The molecule has 1 amide bonds. The molecule has 0 unspecified atom stereocenters. The maximum absolute atomic E-state index is 12.6. The second kappa shape index (κ2) is 5.80. The molecule has 0 aliphatic heterocycles. The number of carbonyl (C=O) groups excluding carboxylic acids is 1. The number of hydrogen-bond acceptors (Lipinski definition) is 5. The first-order chi connectivity index (χ1) is 11.8. The van der Waals surface area contributed by atoms with Crippen LogP contribution in [0.1, 0.15) is 29.4 Å². The maximum Gasteiger partial charge on any atom is 0.272 e. The zero-order chi connectivity index (χ0) is 16.5. The van der Waals surface area contributed by atoms with Crippen LogP contribution in [0, 0.1) is 0 Å². The van der Waals surface area contributed by atoms with Gasteiger partial charge in [-0.2, -0.15) is 0 Å². The SMILES string of the molecule is COc1cc(-n2cnnn2)ccc1NC(=O)c1cccn1C1CC1. The first-order valence-corrected chi connectivity index (χ1v) is 7.66. The lowest BCUT2D eigenvalue weighted by Crippen LogP contribution is -2.17. The molecular formula is C16H16N6O2. The molecule has 1 aliphatic rings. The van der Waals surface area contributed by atoms with Crippen molar-refractivity contribution in [2.24, 2.45) is 0 Å². The number of hydrogen-bond donors (Lipinski definition) is 1. The van der Waals surface area contributed by atoms with Crippen LogP contribution in [0.2, 0.25) is 0 Å². The van der Waals surface area contributed by atoms with Crippen molar-refractivity contribution in [3.8, 4) is 11.4 Å². The van der Waals surface area contributed by atoms with Crippen LogP contribution in [0.5, 0.6) is 5.75 Å². The average Bonchev–Trinajstić information content (AvgIpc) is 3.11. The van der Waals surface area contributed by atoms with Gasteiger partial charge in [0, 0.05) is 18.3 Å². The summed E-state index contributed by atoms with van der Waals surface area (Å²) in [5, 5.41) is 14.0. The van der Waals surface area contributed by atoms with Gasteiger partial charge >= 0.3 is 0 Å². The zero-order valence-electron chi connectivity index (χ0n) is 13.1. The lowest BCUT2D eigenvalue weighted by Gasteiger charge is -2.13. The topological polar surface area (TPSA) is 86.9 Å². The number of methoxy groups -OCH3 is 1. The molecule has 4 rings (SSSR count). The molecule has 0 bridgehead atoms. The molecule has 1 fully saturated rings. The molecule has 0 saturated heterocycles. The van der Waals surface area contributed by atoms with Crippen molar-refractivity contribution in [3.63, 3.8) is 0 Å². The molecule has 1 aromatic carbocycles. The number of nitrogens with zero attached hydrogens (tertiary/aromatic N) is 5. The van der Waals surface area contributed by atoms with E-state index in [4.69, 9.17) is 4.74 Å². The minimum absolute atomic E-state index is 0.152. The van der Waals surface area contributed by atoms with E-state index in [-0.39, 0.29) is 5.91 Å². The van der Waals surface area contributed by atoms with Crippen LogP contribution in [-0.4, -0.2) is 37.8 Å². The average molecular weight is 324 g/mol. The Morgan fingerprint density at radius 3 is 2.92 bits per heavy atom. The molecule has 2 aromatic heterocycles. The maximum atomic E-state index is 12.6. The van der Waals surface area contributed by atoms with E-state index >= 15 is 0 Å². The summed E-state index contributed by atoms with van der Waals surface area (Å²) in [7, 11) is 1.56. The monoisotopic (exact) mass is 324 g/mol. The number of benzene rings is 1. The Labute approximate surface area is 138 Å². The van der Waals surface area contributed by atoms with E-state index in [2.05, 4.69) is 20.8 Å². The fourth-order valence-electron chi connectivity index (χ4n) is 2.65. The van der Waals surface area contributed by atoms with Gasteiger partial charge in [0.1, 0.15) is 17.8 Å². The Hall–Kier alpha value is -3.16. The molecule has 8 nitrogen and oxygen atoms in total. The van der Waals surface area contributed by atoms with Crippen molar-refractivity contribution in [1.82, 2.24) is 24.8 Å². The largest absolute Gasteiger partial charge is 0.494 e. The number of carbonyl (C=O) groups is 1. The quantitative estimate of drug-likeness (QED) is 0.776. The van der Waals surface area contributed by atoms with Crippen LogP contribution in [0.3, 0.4) is 0 Å². The van der Waals surface area contributed by atoms with Crippen molar-refractivity contribution in [3.05, 3.63) is 48.5 Å². The Morgan fingerprint density at radius 1 is 1.33 bits per heavy atom. The van der Waals surface area contributed by atoms with E-state index in [0.29, 0.717) is 23.2 Å². The van der Waals surface area contributed by atoms with Gasteiger partial charge in [0.15, 0.2) is 0 Å². The van der Waals surface area contributed by atoms with Crippen molar-refractivity contribution >= 4 is 11.6 Å². The molecule has 1 N–H and O–H groups in total. The van der Waals surface area contributed by atoms with Crippen LogP contribution in [0.25, 0.3) is 5.69 Å².